The third kappa shape index (κ3) is 2.93. The number of rotatable bonds is 3. The molecule has 0 bridgehead atoms. The van der Waals surface area contributed by atoms with E-state index in [4.69, 9.17) is 0 Å². The zero-order chi connectivity index (χ0) is 13.2. The predicted octanol–water partition coefficient (Wildman–Crippen LogP) is 4.99. The van der Waals surface area contributed by atoms with E-state index < -0.39 is 0 Å². The fourth-order valence-electron chi connectivity index (χ4n) is 2.69. The highest BCUT2D eigenvalue weighted by atomic mass is 79.9. The molecule has 1 atom stereocenters. The van der Waals surface area contributed by atoms with Crippen LogP contribution < -0.4 is 5.32 Å². The van der Waals surface area contributed by atoms with Crippen molar-refractivity contribution in [3.05, 3.63) is 55.7 Å². The molecule has 0 fully saturated rings. The Labute approximate surface area is 127 Å². The third-order valence-corrected chi connectivity index (χ3v) is 5.69. The van der Waals surface area contributed by atoms with Crippen LogP contribution in [0.3, 0.4) is 0 Å². The van der Waals surface area contributed by atoms with Crippen LogP contribution in [0.25, 0.3) is 0 Å². The van der Waals surface area contributed by atoms with Gasteiger partial charge in [0.2, 0.25) is 0 Å². The number of aryl methyl sites for hydroxylation is 2. The van der Waals surface area contributed by atoms with Gasteiger partial charge in [-0.15, -0.1) is 11.3 Å². The van der Waals surface area contributed by atoms with Crippen LogP contribution in [0.5, 0.6) is 0 Å². The minimum Gasteiger partial charge on any atom is -0.306 e. The summed E-state index contributed by atoms with van der Waals surface area (Å²) in [5.41, 5.74) is 4.17. The largest absolute Gasteiger partial charge is 0.306 e. The lowest BCUT2D eigenvalue weighted by Crippen LogP contribution is -2.23. The quantitative estimate of drug-likeness (QED) is 0.833. The van der Waals surface area contributed by atoms with E-state index in [2.05, 4.69) is 57.8 Å². The van der Waals surface area contributed by atoms with Crippen LogP contribution in [0.1, 0.15) is 40.5 Å². The van der Waals surface area contributed by atoms with Gasteiger partial charge in [0.25, 0.3) is 0 Å². The van der Waals surface area contributed by atoms with Gasteiger partial charge in [-0.3, -0.25) is 0 Å². The molecule has 1 aromatic carbocycles. The molecule has 100 valence electrons. The van der Waals surface area contributed by atoms with E-state index in [1.165, 1.54) is 40.4 Å². The van der Waals surface area contributed by atoms with Crippen molar-refractivity contribution in [1.82, 2.24) is 5.32 Å². The molecule has 1 heterocycles. The van der Waals surface area contributed by atoms with E-state index in [0.717, 1.165) is 6.54 Å². The maximum absolute atomic E-state index is 3.71. The lowest BCUT2D eigenvalue weighted by Gasteiger charge is -2.24. The van der Waals surface area contributed by atoms with E-state index in [1.54, 1.807) is 4.88 Å². The topological polar surface area (TPSA) is 12.0 Å². The Morgan fingerprint density at radius 2 is 2.26 bits per heavy atom. The predicted molar refractivity (Wildman–Crippen MR) is 85.7 cm³/mol. The third-order valence-electron chi connectivity index (χ3n) is 3.84. The standard InChI is InChI=1S/C16H18BrNS/c1-11-5-6-12(9-14(11)17)10-18-15-3-2-4-16-13(15)7-8-19-16/h5-9,15,18H,2-4,10H2,1H3. The second kappa shape index (κ2) is 5.78. The Morgan fingerprint density at radius 1 is 1.37 bits per heavy atom. The van der Waals surface area contributed by atoms with Crippen molar-refractivity contribution in [3.8, 4) is 0 Å². The summed E-state index contributed by atoms with van der Waals surface area (Å²) in [6.45, 7) is 3.07. The van der Waals surface area contributed by atoms with Gasteiger partial charge >= 0.3 is 0 Å². The summed E-state index contributed by atoms with van der Waals surface area (Å²) in [6, 6.07) is 9.44. The summed E-state index contributed by atoms with van der Waals surface area (Å²) < 4.78 is 1.20. The monoisotopic (exact) mass is 335 g/mol. The molecule has 0 spiro atoms. The molecule has 2 aromatic rings. The number of fused-ring (bicyclic) bond motifs is 1. The van der Waals surface area contributed by atoms with Gasteiger partial charge in [0, 0.05) is 21.9 Å². The first-order valence-corrected chi connectivity index (χ1v) is 8.46. The second-order valence-electron chi connectivity index (χ2n) is 5.21. The fourth-order valence-corrected chi connectivity index (χ4v) is 4.10. The van der Waals surface area contributed by atoms with E-state index in [0.29, 0.717) is 6.04 Å². The SMILES string of the molecule is Cc1ccc(CNC2CCCc3sccc32)cc1Br. The highest BCUT2D eigenvalue weighted by Crippen LogP contribution is 2.33. The molecule has 0 saturated carbocycles. The maximum atomic E-state index is 3.71. The minimum absolute atomic E-state index is 0.537. The molecule has 1 unspecified atom stereocenters. The number of halogens is 1. The zero-order valence-corrected chi connectivity index (χ0v) is 13.5. The Balaban J connectivity index is 1.69. The molecule has 0 aliphatic heterocycles. The molecule has 0 amide bonds. The normalized spacial score (nSPS) is 18.3. The van der Waals surface area contributed by atoms with Crippen molar-refractivity contribution < 1.29 is 0 Å². The summed E-state index contributed by atoms with van der Waals surface area (Å²) in [5, 5.41) is 5.94. The van der Waals surface area contributed by atoms with Gasteiger partial charge in [-0.1, -0.05) is 28.1 Å². The summed E-state index contributed by atoms with van der Waals surface area (Å²) in [4.78, 5) is 1.58. The Morgan fingerprint density at radius 3 is 3.11 bits per heavy atom. The van der Waals surface area contributed by atoms with Crippen LogP contribution >= 0.6 is 27.3 Å². The number of hydrogen-bond acceptors (Lipinski definition) is 2. The summed E-state index contributed by atoms with van der Waals surface area (Å²) >= 11 is 5.51. The van der Waals surface area contributed by atoms with Gasteiger partial charge in [0.15, 0.2) is 0 Å². The van der Waals surface area contributed by atoms with Crippen LogP contribution in [-0.4, -0.2) is 0 Å². The fraction of sp³-hybridized carbons (Fsp3) is 0.375. The molecule has 19 heavy (non-hydrogen) atoms. The summed E-state index contributed by atoms with van der Waals surface area (Å²) in [6.07, 6.45) is 3.83. The van der Waals surface area contributed by atoms with E-state index >= 15 is 0 Å². The molecule has 0 saturated heterocycles. The zero-order valence-electron chi connectivity index (χ0n) is 11.1. The molecular formula is C16H18BrNS. The van der Waals surface area contributed by atoms with E-state index in [1.807, 2.05) is 11.3 Å². The van der Waals surface area contributed by atoms with Crippen LogP contribution in [0.4, 0.5) is 0 Å². The highest BCUT2D eigenvalue weighted by molar-refractivity contribution is 9.10. The van der Waals surface area contributed by atoms with Gasteiger partial charge in [-0.2, -0.15) is 0 Å². The molecule has 1 N–H and O–H groups in total. The number of benzene rings is 1. The van der Waals surface area contributed by atoms with Crippen molar-refractivity contribution >= 4 is 27.3 Å². The lowest BCUT2D eigenvalue weighted by molar-refractivity contribution is 0.463. The number of thiophene rings is 1. The first-order chi connectivity index (χ1) is 9.24. The Bertz CT molecular complexity index is 576. The van der Waals surface area contributed by atoms with Crippen LogP contribution in [0, 0.1) is 6.92 Å². The van der Waals surface area contributed by atoms with Gasteiger partial charge < -0.3 is 5.32 Å². The Kier molecular flexibility index (Phi) is 4.06. The van der Waals surface area contributed by atoms with Crippen molar-refractivity contribution in [2.75, 3.05) is 0 Å². The average molecular weight is 336 g/mol. The Hall–Kier alpha value is -0.640. The summed E-state index contributed by atoms with van der Waals surface area (Å²) in [5.74, 6) is 0. The van der Waals surface area contributed by atoms with Crippen LogP contribution in [0.2, 0.25) is 0 Å². The molecule has 3 heteroatoms. The lowest BCUT2D eigenvalue weighted by atomic mass is 9.94. The first-order valence-electron chi connectivity index (χ1n) is 6.79. The smallest absolute Gasteiger partial charge is 0.0334 e. The van der Waals surface area contributed by atoms with Crippen LogP contribution in [0.15, 0.2) is 34.1 Å². The molecular weight excluding hydrogens is 318 g/mol. The highest BCUT2D eigenvalue weighted by Gasteiger charge is 2.20. The van der Waals surface area contributed by atoms with Gasteiger partial charge in [0.05, 0.1) is 0 Å². The van der Waals surface area contributed by atoms with Gasteiger partial charge in [-0.25, -0.2) is 0 Å². The molecule has 1 aliphatic carbocycles. The molecule has 1 aromatic heterocycles. The second-order valence-corrected chi connectivity index (χ2v) is 7.06. The van der Waals surface area contributed by atoms with Crippen LogP contribution in [-0.2, 0) is 13.0 Å². The van der Waals surface area contributed by atoms with Gasteiger partial charge in [-0.05, 0) is 60.4 Å². The minimum atomic E-state index is 0.537. The van der Waals surface area contributed by atoms with Crippen molar-refractivity contribution in [2.24, 2.45) is 0 Å². The molecule has 0 radical (unpaired) electrons. The summed E-state index contributed by atoms with van der Waals surface area (Å²) in [7, 11) is 0. The van der Waals surface area contributed by atoms with Crippen molar-refractivity contribution in [2.45, 2.75) is 38.8 Å². The molecule has 1 aliphatic rings. The van der Waals surface area contributed by atoms with E-state index in [-0.39, 0.29) is 0 Å². The molecule has 1 nitrogen and oxygen atoms in total. The molecule has 3 rings (SSSR count). The van der Waals surface area contributed by atoms with Crippen molar-refractivity contribution in [1.29, 1.82) is 0 Å². The van der Waals surface area contributed by atoms with Crippen molar-refractivity contribution in [3.63, 3.8) is 0 Å². The average Bonchev–Trinajstić information content (AvgIpc) is 2.89. The maximum Gasteiger partial charge on any atom is 0.0334 e. The number of hydrogen-bond donors (Lipinski definition) is 1. The number of nitrogens with one attached hydrogen (secondary N) is 1. The van der Waals surface area contributed by atoms with Gasteiger partial charge in [0.1, 0.15) is 0 Å². The first kappa shape index (κ1) is 13.3. The van der Waals surface area contributed by atoms with E-state index in [9.17, 15) is 0 Å².